The van der Waals surface area contributed by atoms with Crippen LogP contribution in [-0.2, 0) is 19.1 Å². The highest BCUT2D eigenvalue weighted by molar-refractivity contribution is 9.10. The van der Waals surface area contributed by atoms with Gasteiger partial charge in [0.15, 0.2) is 6.61 Å². The molecule has 188 valence electrons. The number of imide groups is 1. The molecule has 36 heavy (non-hydrogen) atoms. The summed E-state index contributed by atoms with van der Waals surface area (Å²) in [5, 5.41) is 2.44. The molecule has 6 atom stereocenters. The number of rotatable bonds is 5. The van der Waals surface area contributed by atoms with Crippen LogP contribution in [0.1, 0.15) is 22.3 Å². The summed E-state index contributed by atoms with van der Waals surface area (Å²) >= 11 is 22.2. The van der Waals surface area contributed by atoms with Crippen LogP contribution < -0.4 is 10.2 Å². The average molecular weight is 615 g/mol. The number of carbonyl (C=O) groups is 4. The van der Waals surface area contributed by atoms with Crippen molar-refractivity contribution < 1.29 is 23.9 Å². The number of halogens is 4. The standard InChI is InChI=1S/C25H20BrCl3N2O5/c1-10-6-15(26)16(27)8-17(10)30-18(32)9-36-25(35)11-2-4-12(5-3-11)31-23(33)19-13-7-14(20(19)24(31)34)22(29)21(13)28/h2-6,8,13-14,19-22H,7,9H2,1H3,(H,30,32)/t13-,14-,19-,20-,21+,22+/m1/s1. The minimum atomic E-state index is -0.716. The summed E-state index contributed by atoms with van der Waals surface area (Å²) in [5.74, 6) is -2.91. The molecule has 7 nitrogen and oxygen atoms in total. The molecule has 1 saturated heterocycles. The Labute approximate surface area is 230 Å². The zero-order chi connectivity index (χ0) is 25.9. The van der Waals surface area contributed by atoms with Gasteiger partial charge in [0.1, 0.15) is 0 Å². The summed E-state index contributed by atoms with van der Waals surface area (Å²) in [4.78, 5) is 52.1. The molecule has 0 radical (unpaired) electrons. The van der Waals surface area contributed by atoms with Crippen molar-refractivity contribution in [3.05, 3.63) is 57.0 Å². The number of ether oxygens (including phenoxy) is 1. The first-order valence-corrected chi connectivity index (χ1v) is 13.3. The number of fused-ring (bicyclic) bond motifs is 5. The van der Waals surface area contributed by atoms with Gasteiger partial charge in [0.2, 0.25) is 11.8 Å². The van der Waals surface area contributed by atoms with Gasteiger partial charge in [-0.15, -0.1) is 23.2 Å². The Morgan fingerprint density at radius 1 is 1.06 bits per heavy atom. The van der Waals surface area contributed by atoms with E-state index in [4.69, 9.17) is 39.5 Å². The zero-order valence-corrected chi connectivity index (χ0v) is 22.7. The van der Waals surface area contributed by atoms with E-state index in [1.807, 2.05) is 0 Å². The predicted molar refractivity (Wildman–Crippen MR) is 140 cm³/mol. The van der Waals surface area contributed by atoms with Crippen molar-refractivity contribution in [2.45, 2.75) is 24.1 Å². The van der Waals surface area contributed by atoms with Crippen LogP contribution in [0, 0.1) is 30.6 Å². The fourth-order valence-electron chi connectivity index (χ4n) is 5.53. The van der Waals surface area contributed by atoms with Crippen LogP contribution in [0.25, 0.3) is 0 Å². The smallest absolute Gasteiger partial charge is 0.338 e. The first kappa shape index (κ1) is 25.5. The molecule has 0 aromatic heterocycles. The summed E-state index contributed by atoms with van der Waals surface area (Å²) in [6.07, 6.45) is 0.690. The topological polar surface area (TPSA) is 92.8 Å². The second-order valence-electron chi connectivity index (χ2n) is 9.27. The molecule has 5 rings (SSSR count). The van der Waals surface area contributed by atoms with E-state index in [0.29, 0.717) is 27.3 Å². The zero-order valence-electron chi connectivity index (χ0n) is 18.8. The molecule has 2 aromatic rings. The Kier molecular flexibility index (Phi) is 6.83. The number of benzene rings is 2. The maximum Gasteiger partial charge on any atom is 0.338 e. The Balaban J connectivity index is 1.21. The van der Waals surface area contributed by atoms with Crippen LogP contribution >= 0.6 is 50.7 Å². The largest absolute Gasteiger partial charge is 0.452 e. The monoisotopic (exact) mass is 612 g/mol. The predicted octanol–water partition coefficient (Wildman–Crippen LogP) is 5.18. The Bertz CT molecular complexity index is 1260. The number of hydrogen-bond acceptors (Lipinski definition) is 5. The van der Waals surface area contributed by atoms with E-state index in [0.717, 1.165) is 5.56 Å². The lowest BCUT2D eigenvalue weighted by atomic mass is 9.80. The van der Waals surface area contributed by atoms with Crippen molar-refractivity contribution in [1.29, 1.82) is 0 Å². The van der Waals surface area contributed by atoms with E-state index in [9.17, 15) is 19.2 Å². The highest BCUT2D eigenvalue weighted by Crippen LogP contribution is 2.59. The third-order valence-corrected chi connectivity index (χ3v) is 9.74. The molecule has 3 fully saturated rings. The second-order valence-corrected chi connectivity index (χ2v) is 11.5. The van der Waals surface area contributed by atoms with E-state index in [-0.39, 0.29) is 40.0 Å². The van der Waals surface area contributed by atoms with Gasteiger partial charge in [0.25, 0.3) is 5.91 Å². The number of carbonyl (C=O) groups excluding carboxylic acids is 4. The first-order chi connectivity index (χ1) is 17.1. The molecule has 1 aliphatic heterocycles. The fourth-order valence-corrected chi connectivity index (χ4v) is 7.05. The van der Waals surface area contributed by atoms with E-state index in [1.54, 1.807) is 19.1 Å². The van der Waals surface area contributed by atoms with Crippen molar-refractivity contribution in [3.8, 4) is 0 Å². The summed E-state index contributed by atoms with van der Waals surface area (Å²) in [6.45, 7) is 1.31. The minimum absolute atomic E-state index is 0.108. The third kappa shape index (κ3) is 4.22. The summed E-state index contributed by atoms with van der Waals surface area (Å²) in [5.41, 5.74) is 1.84. The number of nitrogens with zero attached hydrogens (tertiary/aromatic N) is 1. The van der Waals surface area contributed by atoms with Crippen LogP contribution in [0.15, 0.2) is 40.9 Å². The van der Waals surface area contributed by atoms with E-state index >= 15 is 0 Å². The number of hydrogen-bond donors (Lipinski definition) is 1. The number of nitrogens with one attached hydrogen (secondary N) is 1. The molecule has 1 heterocycles. The molecule has 3 aliphatic rings. The number of anilines is 2. The maximum atomic E-state index is 13.1. The molecule has 2 aromatic carbocycles. The molecular weight excluding hydrogens is 595 g/mol. The number of amides is 3. The number of alkyl halides is 2. The van der Waals surface area contributed by atoms with E-state index in [1.165, 1.54) is 29.2 Å². The summed E-state index contributed by atoms with van der Waals surface area (Å²) < 4.78 is 5.82. The van der Waals surface area contributed by atoms with Crippen molar-refractivity contribution >= 4 is 85.8 Å². The molecule has 2 bridgehead atoms. The first-order valence-electron chi connectivity index (χ1n) is 11.3. The lowest BCUT2D eigenvalue weighted by molar-refractivity contribution is -0.123. The fraction of sp³-hybridized carbons (Fsp3) is 0.360. The molecule has 0 unspecified atom stereocenters. The summed E-state index contributed by atoms with van der Waals surface area (Å²) in [7, 11) is 0. The molecule has 2 aliphatic carbocycles. The maximum absolute atomic E-state index is 13.1. The van der Waals surface area contributed by atoms with Gasteiger partial charge in [-0.3, -0.25) is 19.3 Å². The Morgan fingerprint density at radius 2 is 1.64 bits per heavy atom. The molecular formula is C25H20BrCl3N2O5. The highest BCUT2D eigenvalue weighted by Gasteiger charge is 2.66. The van der Waals surface area contributed by atoms with Gasteiger partial charge >= 0.3 is 5.97 Å². The van der Waals surface area contributed by atoms with Crippen LogP contribution in [0.2, 0.25) is 5.02 Å². The van der Waals surface area contributed by atoms with Crippen LogP contribution in [0.3, 0.4) is 0 Å². The van der Waals surface area contributed by atoms with Gasteiger partial charge < -0.3 is 10.1 Å². The van der Waals surface area contributed by atoms with Gasteiger partial charge in [-0.05, 0) is 83.1 Å². The van der Waals surface area contributed by atoms with Gasteiger partial charge in [-0.1, -0.05) is 11.6 Å². The summed E-state index contributed by atoms with van der Waals surface area (Å²) in [6, 6.07) is 9.29. The average Bonchev–Trinajstić information content (AvgIpc) is 3.46. The molecule has 2 saturated carbocycles. The van der Waals surface area contributed by atoms with Crippen molar-refractivity contribution in [2.75, 3.05) is 16.8 Å². The highest BCUT2D eigenvalue weighted by atomic mass is 79.9. The van der Waals surface area contributed by atoms with Crippen molar-refractivity contribution in [3.63, 3.8) is 0 Å². The lowest BCUT2D eigenvalue weighted by Crippen LogP contribution is -2.37. The van der Waals surface area contributed by atoms with E-state index < -0.39 is 30.3 Å². The van der Waals surface area contributed by atoms with Crippen molar-refractivity contribution in [2.24, 2.45) is 23.7 Å². The van der Waals surface area contributed by atoms with Gasteiger partial charge in [-0.2, -0.15) is 0 Å². The molecule has 3 amide bonds. The quantitative estimate of drug-likeness (QED) is 0.285. The molecule has 11 heteroatoms. The Hall–Kier alpha value is -2.13. The number of esters is 1. The minimum Gasteiger partial charge on any atom is -0.452 e. The second kappa shape index (κ2) is 9.63. The molecule has 0 spiro atoms. The van der Waals surface area contributed by atoms with Gasteiger partial charge in [0.05, 0.1) is 38.9 Å². The van der Waals surface area contributed by atoms with Gasteiger partial charge in [-0.25, -0.2) is 4.79 Å². The van der Waals surface area contributed by atoms with Crippen LogP contribution in [0.5, 0.6) is 0 Å². The van der Waals surface area contributed by atoms with Crippen LogP contribution in [0.4, 0.5) is 11.4 Å². The lowest BCUT2D eigenvalue weighted by Gasteiger charge is -2.28. The SMILES string of the molecule is Cc1cc(Br)c(Cl)cc1NC(=O)COC(=O)c1ccc(N2C(=O)[C@@H]3[C@H]4C[C@@H]([C@H](Cl)[C@H]4Cl)[C@H]3C2=O)cc1. The van der Waals surface area contributed by atoms with E-state index in [2.05, 4.69) is 21.2 Å². The van der Waals surface area contributed by atoms with Gasteiger partial charge in [0, 0.05) is 10.2 Å². The number of aryl methyl sites for hydroxylation is 1. The normalized spacial score (nSPS) is 28.4. The third-order valence-electron chi connectivity index (χ3n) is 7.22. The van der Waals surface area contributed by atoms with Crippen molar-refractivity contribution in [1.82, 2.24) is 0 Å². The van der Waals surface area contributed by atoms with Crippen LogP contribution in [-0.4, -0.2) is 41.1 Å². The Morgan fingerprint density at radius 3 is 2.22 bits per heavy atom. The molecule has 1 N–H and O–H groups in total.